The highest BCUT2D eigenvalue weighted by Gasteiger charge is 2.18. The number of pyridine rings is 1. The Balaban J connectivity index is 1.18. The summed E-state index contributed by atoms with van der Waals surface area (Å²) in [4.78, 5) is 9.59. The smallest absolute Gasteiger partial charge is 0.213 e. The van der Waals surface area contributed by atoms with Crippen LogP contribution in [0.25, 0.3) is 0 Å². The van der Waals surface area contributed by atoms with Gasteiger partial charge in [-0.1, -0.05) is 47.5 Å². The van der Waals surface area contributed by atoms with E-state index >= 15 is 0 Å². The minimum absolute atomic E-state index is 0.624. The Bertz CT molecular complexity index is 918. The topological polar surface area (TPSA) is 28.6 Å². The van der Waals surface area contributed by atoms with Crippen LogP contribution in [0.3, 0.4) is 0 Å². The molecule has 1 aliphatic carbocycles. The molecule has 1 aromatic heterocycles. The van der Waals surface area contributed by atoms with Gasteiger partial charge >= 0.3 is 0 Å². The van der Waals surface area contributed by atoms with Crippen molar-refractivity contribution in [2.45, 2.75) is 38.5 Å². The SMILES string of the molecule is C=C1CCc2ccc(OCCCCN3CCCN(c4cccc(Cl)c4Cl)CC3)nc2C1. The first-order valence-electron chi connectivity index (χ1n) is 11.3. The Labute approximate surface area is 195 Å². The number of allylic oxidation sites excluding steroid dienone is 1. The minimum atomic E-state index is 0.624. The van der Waals surface area contributed by atoms with E-state index < -0.39 is 0 Å². The van der Waals surface area contributed by atoms with E-state index in [1.54, 1.807) is 0 Å². The van der Waals surface area contributed by atoms with Crippen LogP contribution in [0.15, 0.2) is 42.5 Å². The van der Waals surface area contributed by atoms with Gasteiger partial charge in [-0.3, -0.25) is 0 Å². The first-order chi connectivity index (χ1) is 15.1. The number of unbranched alkanes of at least 4 members (excludes halogenated alkanes) is 1. The fourth-order valence-corrected chi connectivity index (χ4v) is 4.81. The van der Waals surface area contributed by atoms with Crippen LogP contribution in [0.4, 0.5) is 5.69 Å². The number of rotatable bonds is 7. The summed E-state index contributed by atoms with van der Waals surface area (Å²) < 4.78 is 5.93. The van der Waals surface area contributed by atoms with Gasteiger partial charge in [-0.05, 0) is 62.9 Å². The average Bonchev–Trinajstić information content (AvgIpc) is 3.01. The summed E-state index contributed by atoms with van der Waals surface area (Å²) >= 11 is 12.6. The molecule has 2 heterocycles. The lowest BCUT2D eigenvalue weighted by Gasteiger charge is -2.25. The lowest BCUT2D eigenvalue weighted by atomic mass is 9.93. The Morgan fingerprint density at radius 2 is 1.90 bits per heavy atom. The van der Waals surface area contributed by atoms with Crippen LogP contribution < -0.4 is 9.64 Å². The van der Waals surface area contributed by atoms with Crippen molar-refractivity contribution in [3.63, 3.8) is 0 Å². The maximum Gasteiger partial charge on any atom is 0.213 e. The number of fused-ring (bicyclic) bond motifs is 1. The summed E-state index contributed by atoms with van der Waals surface area (Å²) in [5.74, 6) is 0.747. The first kappa shape index (κ1) is 22.4. The molecule has 0 atom stereocenters. The molecule has 0 saturated carbocycles. The number of aryl methyl sites for hydroxylation is 1. The van der Waals surface area contributed by atoms with Crippen LogP contribution in [0.2, 0.25) is 10.0 Å². The second-order valence-electron chi connectivity index (χ2n) is 8.49. The second kappa shape index (κ2) is 10.7. The number of benzene rings is 1. The lowest BCUT2D eigenvalue weighted by Crippen LogP contribution is -2.31. The molecule has 0 amide bonds. The number of hydrogen-bond acceptors (Lipinski definition) is 4. The normalized spacial score (nSPS) is 17.4. The van der Waals surface area contributed by atoms with Crippen LogP contribution in [-0.4, -0.2) is 49.2 Å². The molecule has 31 heavy (non-hydrogen) atoms. The third kappa shape index (κ3) is 5.94. The van der Waals surface area contributed by atoms with Gasteiger partial charge in [0.25, 0.3) is 0 Å². The molecule has 2 aliphatic rings. The molecular formula is C25H31Cl2N3O. The van der Waals surface area contributed by atoms with Crippen LogP contribution in [0, 0.1) is 0 Å². The van der Waals surface area contributed by atoms with E-state index in [-0.39, 0.29) is 0 Å². The van der Waals surface area contributed by atoms with Gasteiger partial charge in [0.2, 0.25) is 5.88 Å². The summed E-state index contributed by atoms with van der Waals surface area (Å²) in [5, 5.41) is 1.29. The zero-order valence-corrected chi connectivity index (χ0v) is 19.6. The molecule has 1 aromatic carbocycles. The van der Waals surface area contributed by atoms with Gasteiger partial charge in [0.15, 0.2) is 0 Å². The molecule has 0 N–H and O–H groups in total. The quantitative estimate of drug-likeness (QED) is 0.386. The molecule has 1 saturated heterocycles. The van der Waals surface area contributed by atoms with E-state index in [9.17, 15) is 0 Å². The van der Waals surface area contributed by atoms with Crippen molar-refractivity contribution in [3.05, 3.63) is 63.8 Å². The summed E-state index contributed by atoms with van der Waals surface area (Å²) in [6, 6.07) is 10.1. The molecule has 2 aromatic rings. The van der Waals surface area contributed by atoms with E-state index in [0.29, 0.717) is 16.7 Å². The molecular weight excluding hydrogens is 429 g/mol. The summed E-state index contributed by atoms with van der Waals surface area (Å²) in [6.45, 7) is 10.1. The summed E-state index contributed by atoms with van der Waals surface area (Å²) in [7, 11) is 0. The van der Waals surface area contributed by atoms with Crippen molar-refractivity contribution < 1.29 is 4.74 Å². The number of nitrogens with zero attached hydrogens (tertiary/aromatic N) is 3. The summed E-state index contributed by atoms with van der Waals surface area (Å²) in [5.41, 5.74) is 4.80. The average molecular weight is 460 g/mol. The van der Waals surface area contributed by atoms with Crippen molar-refractivity contribution in [3.8, 4) is 5.88 Å². The van der Waals surface area contributed by atoms with Gasteiger partial charge in [0.05, 0.1) is 28.0 Å². The van der Waals surface area contributed by atoms with Crippen molar-refractivity contribution in [1.29, 1.82) is 0 Å². The summed E-state index contributed by atoms with van der Waals surface area (Å²) in [6.07, 6.45) is 6.31. The third-order valence-electron chi connectivity index (χ3n) is 6.19. The van der Waals surface area contributed by atoms with Gasteiger partial charge < -0.3 is 14.5 Å². The molecule has 0 bridgehead atoms. The first-order valence-corrected chi connectivity index (χ1v) is 12.1. The van der Waals surface area contributed by atoms with E-state index in [2.05, 4.69) is 28.5 Å². The monoisotopic (exact) mass is 459 g/mol. The molecule has 1 fully saturated rings. The Kier molecular flexibility index (Phi) is 7.76. The van der Waals surface area contributed by atoms with E-state index in [4.69, 9.17) is 32.9 Å². The van der Waals surface area contributed by atoms with Gasteiger partial charge in [-0.15, -0.1) is 0 Å². The molecule has 4 nitrogen and oxygen atoms in total. The Hall–Kier alpha value is -1.75. The fraction of sp³-hybridized carbons (Fsp3) is 0.480. The van der Waals surface area contributed by atoms with Crippen molar-refractivity contribution in [1.82, 2.24) is 9.88 Å². The van der Waals surface area contributed by atoms with Crippen LogP contribution in [0.1, 0.15) is 36.9 Å². The molecule has 166 valence electrons. The van der Waals surface area contributed by atoms with E-state index in [1.165, 1.54) is 11.1 Å². The Morgan fingerprint density at radius 3 is 2.81 bits per heavy atom. The molecule has 0 unspecified atom stereocenters. The van der Waals surface area contributed by atoms with Crippen molar-refractivity contribution >= 4 is 28.9 Å². The van der Waals surface area contributed by atoms with Crippen LogP contribution in [-0.2, 0) is 12.8 Å². The van der Waals surface area contributed by atoms with Crippen molar-refractivity contribution in [2.24, 2.45) is 0 Å². The lowest BCUT2D eigenvalue weighted by molar-refractivity contribution is 0.256. The maximum absolute atomic E-state index is 6.42. The van der Waals surface area contributed by atoms with E-state index in [1.807, 2.05) is 18.2 Å². The fourth-order valence-electron chi connectivity index (χ4n) is 4.39. The molecule has 0 spiro atoms. The predicted octanol–water partition coefficient (Wildman–Crippen LogP) is 5.80. The molecule has 6 heteroatoms. The largest absolute Gasteiger partial charge is 0.478 e. The predicted molar refractivity (Wildman–Crippen MR) is 130 cm³/mol. The second-order valence-corrected chi connectivity index (χ2v) is 9.28. The number of ether oxygens (including phenoxy) is 1. The number of aromatic nitrogens is 1. The van der Waals surface area contributed by atoms with Gasteiger partial charge in [0, 0.05) is 32.1 Å². The zero-order chi connectivity index (χ0) is 21.6. The third-order valence-corrected chi connectivity index (χ3v) is 7.00. The van der Waals surface area contributed by atoms with Gasteiger partial charge in [0.1, 0.15) is 0 Å². The number of halogens is 2. The van der Waals surface area contributed by atoms with Crippen molar-refractivity contribution in [2.75, 3.05) is 44.2 Å². The highest BCUT2D eigenvalue weighted by molar-refractivity contribution is 6.43. The standard InChI is InChI=1S/C25H31Cl2N3O/c1-19-8-9-20-10-11-24(28-22(20)18-19)31-17-3-2-12-29-13-5-14-30(16-15-29)23-7-4-6-21(26)25(23)27/h4,6-7,10-11H,1-3,5,8-9,12-18H2. The molecule has 4 rings (SSSR count). The van der Waals surface area contributed by atoms with Crippen LogP contribution >= 0.6 is 23.2 Å². The number of hydrogen-bond donors (Lipinski definition) is 0. The highest BCUT2D eigenvalue weighted by atomic mass is 35.5. The van der Waals surface area contributed by atoms with Gasteiger partial charge in [-0.25, -0.2) is 4.98 Å². The maximum atomic E-state index is 6.42. The number of anilines is 1. The van der Waals surface area contributed by atoms with Gasteiger partial charge in [-0.2, -0.15) is 0 Å². The minimum Gasteiger partial charge on any atom is -0.478 e. The van der Waals surface area contributed by atoms with Crippen LogP contribution in [0.5, 0.6) is 5.88 Å². The zero-order valence-electron chi connectivity index (χ0n) is 18.1. The Morgan fingerprint density at radius 1 is 1.00 bits per heavy atom. The van der Waals surface area contributed by atoms with E-state index in [0.717, 1.165) is 88.5 Å². The molecule has 0 radical (unpaired) electrons. The highest BCUT2D eigenvalue weighted by Crippen LogP contribution is 2.33. The molecule has 1 aliphatic heterocycles.